The summed E-state index contributed by atoms with van der Waals surface area (Å²) in [4.78, 5) is 11.9. The lowest BCUT2D eigenvalue weighted by Crippen LogP contribution is -2.20. The van der Waals surface area contributed by atoms with Gasteiger partial charge in [-0.2, -0.15) is 0 Å². The highest BCUT2D eigenvalue weighted by atomic mass is 35.5. The number of benzene rings is 3. The molecule has 3 aromatic rings. The number of hydrogen-bond acceptors (Lipinski definition) is 2. The molecule has 0 saturated heterocycles. The smallest absolute Gasteiger partial charge is 0.221 e. The van der Waals surface area contributed by atoms with Crippen LogP contribution in [-0.4, -0.2) is 11.0 Å². The molecule has 0 aliphatic heterocycles. The van der Waals surface area contributed by atoms with E-state index in [9.17, 15) is 9.90 Å². The first-order chi connectivity index (χ1) is 13.0. The zero-order valence-electron chi connectivity index (χ0n) is 14.5. The Balaban J connectivity index is 2.35. The minimum Gasteiger partial charge on any atom is -0.507 e. The third-order valence-corrected chi connectivity index (χ3v) is 4.49. The summed E-state index contributed by atoms with van der Waals surface area (Å²) in [6.07, 6.45) is 0. The second-order valence-corrected chi connectivity index (χ2v) is 6.83. The molecule has 0 atom stereocenters. The van der Waals surface area contributed by atoms with Crippen molar-refractivity contribution in [2.75, 3.05) is 0 Å². The summed E-state index contributed by atoms with van der Waals surface area (Å²) in [6.45, 7) is 1.44. The first-order valence-electron chi connectivity index (χ1n) is 8.28. The van der Waals surface area contributed by atoms with Crippen molar-refractivity contribution in [2.24, 2.45) is 0 Å². The molecule has 0 saturated carbocycles. The Morgan fingerprint density at radius 3 is 1.85 bits per heavy atom. The average Bonchev–Trinajstić information content (AvgIpc) is 2.64. The standard InChI is InChI=1S/C22H17Cl2NO2/c1-14(26)25-22(16-8-12-18(24)13-9-16)21(15-6-10-17(23)11-7-15)19-4-2-3-5-20(19)27/h2-13,27H,1H3,(H,25,26)/b22-21-. The average molecular weight is 398 g/mol. The van der Waals surface area contributed by atoms with Gasteiger partial charge in [0.15, 0.2) is 0 Å². The van der Waals surface area contributed by atoms with Crippen LogP contribution in [0.1, 0.15) is 23.6 Å². The van der Waals surface area contributed by atoms with Gasteiger partial charge in [0.1, 0.15) is 5.75 Å². The summed E-state index contributed by atoms with van der Waals surface area (Å²) >= 11 is 12.1. The first-order valence-corrected chi connectivity index (χ1v) is 9.03. The van der Waals surface area contributed by atoms with E-state index in [1.54, 1.807) is 42.5 Å². The molecule has 1 amide bonds. The minimum absolute atomic E-state index is 0.110. The van der Waals surface area contributed by atoms with Gasteiger partial charge in [-0.25, -0.2) is 0 Å². The SMILES string of the molecule is CC(=O)N/C(=C(/c1ccc(Cl)cc1)c1ccccc1O)c1ccc(Cl)cc1. The van der Waals surface area contributed by atoms with E-state index < -0.39 is 0 Å². The van der Waals surface area contributed by atoms with Gasteiger partial charge < -0.3 is 10.4 Å². The summed E-state index contributed by atoms with van der Waals surface area (Å²) in [7, 11) is 0. The molecule has 0 spiro atoms. The lowest BCUT2D eigenvalue weighted by atomic mass is 9.92. The molecule has 3 rings (SSSR count). The zero-order chi connectivity index (χ0) is 19.4. The van der Waals surface area contributed by atoms with Gasteiger partial charge in [-0.1, -0.05) is 65.7 Å². The van der Waals surface area contributed by atoms with Crippen LogP contribution < -0.4 is 5.32 Å². The third-order valence-electron chi connectivity index (χ3n) is 3.99. The van der Waals surface area contributed by atoms with Crippen LogP contribution in [0.5, 0.6) is 5.75 Å². The Bertz CT molecular complexity index is 994. The van der Waals surface area contributed by atoms with Gasteiger partial charge in [0.25, 0.3) is 0 Å². The van der Waals surface area contributed by atoms with Gasteiger partial charge in [-0.05, 0) is 41.5 Å². The molecule has 27 heavy (non-hydrogen) atoms. The number of hydrogen-bond donors (Lipinski definition) is 2. The minimum atomic E-state index is -0.221. The molecule has 0 radical (unpaired) electrons. The maximum Gasteiger partial charge on any atom is 0.221 e. The maximum atomic E-state index is 11.9. The molecule has 136 valence electrons. The maximum absolute atomic E-state index is 11.9. The molecule has 5 heteroatoms. The van der Waals surface area contributed by atoms with Gasteiger partial charge >= 0.3 is 0 Å². The Morgan fingerprint density at radius 2 is 1.33 bits per heavy atom. The number of para-hydroxylation sites is 1. The van der Waals surface area contributed by atoms with Crippen LogP contribution in [0.2, 0.25) is 10.0 Å². The van der Waals surface area contributed by atoms with Crippen LogP contribution in [0.15, 0.2) is 72.8 Å². The molecule has 0 unspecified atom stereocenters. The lowest BCUT2D eigenvalue weighted by Gasteiger charge is -2.18. The summed E-state index contributed by atoms with van der Waals surface area (Å²) in [6, 6.07) is 21.4. The number of halogens is 2. The van der Waals surface area contributed by atoms with E-state index in [1.807, 2.05) is 30.3 Å². The fourth-order valence-corrected chi connectivity index (χ4v) is 3.06. The van der Waals surface area contributed by atoms with E-state index in [0.717, 1.165) is 11.1 Å². The van der Waals surface area contributed by atoms with Crippen LogP contribution in [0.3, 0.4) is 0 Å². The van der Waals surface area contributed by atoms with Crippen LogP contribution in [-0.2, 0) is 4.79 Å². The summed E-state index contributed by atoms with van der Waals surface area (Å²) in [5, 5.41) is 14.6. The van der Waals surface area contributed by atoms with Crippen molar-refractivity contribution >= 4 is 40.4 Å². The number of carbonyl (C=O) groups is 1. The number of rotatable bonds is 4. The second-order valence-electron chi connectivity index (χ2n) is 5.96. The highest BCUT2D eigenvalue weighted by Crippen LogP contribution is 2.36. The Kier molecular flexibility index (Phi) is 5.84. The van der Waals surface area contributed by atoms with Crippen molar-refractivity contribution in [2.45, 2.75) is 6.92 Å². The number of aromatic hydroxyl groups is 1. The summed E-state index contributed by atoms with van der Waals surface area (Å²) in [5.41, 5.74) is 3.42. The van der Waals surface area contributed by atoms with Crippen LogP contribution in [0.4, 0.5) is 0 Å². The number of carbonyl (C=O) groups excluding carboxylic acids is 1. The lowest BCUT2D eigenvalue weighted by molar-refractivity contribution is -0.117. The first kappa shape index (κ1) is 19.0. The van der Waals surface area contributed by atoms with E-state index in [-0.39, 0.29) is 11.7 Å². The molecular formula is C22H17Cl2NO2. The molecule has 2 N–H and O–H groups in total. The molecule has 0 heterocycles. The number of phenols is 1. The molecule has 0 bridgehead atoms. The van der Waals surface area contributed by atoms with Crippen molar-refractivity contribution in [3.05, 3.63) is 99.5 Å². The predicted molar refractivity (Wildman–Crippen MR) is 111 cm³/mol. The molecule has 0 aromatic heterocycles. The zero-order valence-corrected chi connectivity index (χ0v) is 16.1. The van der Waals surface area contributed by atoms with Crippen LogP contribution >= 0.6 is 23.2 Å². The molecule has 0 fully saturated rings. The molecule has 3 aromatic carbocycles. The van der Waals surface area contributed by atoms with E-state index in [2.05, 4.69) is 5.32 Å². The van der Waals surface area contributed by atoms with Crippen molar-refractivity contribution in [3.8, 4) is 5.75 Å². The molecule has 0 aliphatic carbocycles. The molecular weight excluding hydrogens is 381 g/mol. The van der Waals surface area contributed by atoms with E-state index in [0.29, 0.717) is 26.9 Å². The molecule has 0 aliphatic rings. The van der Waals surface area contributed by atoms with E-state index in [1.165, 1.54) is 6.92 Å². The summed E-state index contributed by atoms with van der Waals surface area (Å²) < 4.78 is 0. The monoisotopic (exact) mass is 397 g/mol. The van der Waals surface area contributed by atoms with E-state index in [4.69, 9.17) is 23.2 Å². The Morgan fingerprint density at radius 1 is 0.815 bits per heavy atom. The van der Waals surface area contributed by atoms with E-state index >= 15 is 0 Å². The fourth-order valence-electron chi connectivity index (χ4n) is 2.81. The highest BCUT2D eigenvalue weighted by molar-refractivity contribution is 6.31. The Hall–Kier alpha value is -2.75. The number of phenolic OH excluding ortho intramolecular Hbond substituents is 1. The van der Waals surface area contributed by atoms with Gasteiger partial charge in [0, 0.05) is 28.1 Å². The predicted octanol–water partition coefficient (Wildman–Crippen LogP) is 5.75. The van der Waals surface area contributed by atoms with Crippen molar-refractivity contribution in [1.29, 1.82) is 0 Å². The fraction of sp³-hybridized carbons (Fsp3) is 0.0455. The van der Waals surface area contributed by atoms with Crippen molar-refractivity contribution in [1.82, 2.24) is 5.32 Å². The van der Waals surface area contributed by atoms with Gasteiger partial charge in [0.05, 0.1) is 5.70 Å². The molecule has 3 nitrogen and oxygen atoms in total. The van der Waals surface area contributed by atoms with Crippen molar-refractivity contribution < 1.29 is 9.90 Å². The normalized spacial score (nSPS) is 11.7. The second kappa shape index (κ2) is 8.30. The Labute approximate surface area is 167 Å². The quantitative estimate of drug-likeness (QED) is 0.550. The van der Waals surface area contributed by atoms with Gasteiger partial charge in [0.2, 0.25) is 5.91 Å². The van der Waals surface area contributed by atoms with Crippen molar-refractivity contribution in [3.63, 3.8) is 0 Å². The number of amides is 1. The topological polar surface area (TPSA) is 49.3 Å². The summed E-state index contributed by atoms with van der Waals surface area (Å²) in [5.74, 6) is -0.110. The largest absolute Gasteiger partial charge is 0.507 e. The van der Waals surface area contributed by atoms with Gasteiger partial charge in [-0.15, -0.1) is 0 Å². The third kappa shape index (κ3) is 4.51. The van der Waals surface area contributed by atoms with Crippen LogP contribution in [0, 0.1) is 0 Å². The van der Waals surface area contributed by atoms with Gasteiger partial charge in [-0.3, -0.25) is 4.79 Å². The number of nitrogens with one attached hydrogen (secondary N) is 1. The van der Waals surface area contributed by atoms with Crippen LogP contribution in [0.25, 0.3) is 11.3 Å². The highest BCUT2D eigenvalue weighted by Gasteiger charge is 2.18.